The van der Waals surface area contributed by atoms with Crippen LogP contribution in [0.5, 0.6) is 0 Å². The molecule has 1 aromatic heterocycles. The molecule has 28 heavy (non-hydrogen) atoms. The number of aromatic amines is 1. The van der Waals surface area contributed by atoms with Crippen LogP contribution in [0.3, 0.4) is 0 Å². The Morgan fingerprint density at radius 3 is 2.68 bits per heavy atom. The molecule has 1 atom stereocenters. The van der Waals surface area contributed by atoms with Crippen LogP contribution >= 0.6 is 18.7 Å². The van der Waals surface area contributed by atoms with Gasteiger partial charge in [-0.05, 0) is 49.2 Å². The zero-order chi connectivity index (χ0) is 20.6. The SMILES string of the molecule is C/C=C/c1cc(C)cc([P@@](=O)(CO)c2c(C(N)=O)[nH]c3ccc(Cl)c(F)c23)c1. The van der Waals surface area contributed by atoms with E-state index in [1.807, 2.05) is 32.1 Å². The number of aliphatic hydroxyl groups is 1. The maximum Gasteiger partial charge on any atom is 0.265 e. The fourth-order valence-corrected chi connectivity index (χ4v) is 5.91. The molecule has 0 saturated carbocycles. The zero-order valence-corrected chi connectivity index (χ0v) is 16.9. The largest absolute Gasteiger partial charge is 0.388 e. The molecule has 0 aliphatic heterocycles. The molecule has 3 aromatic rings. The van der Waals surface area contributed by atoms with E-state index in [-0.39, 0.29) is 26.9 Å². The van der Waals surface area contributed by atoms with Gasteiger partial charge in [-0.3, -0.25) is 4.79 Å². The summed E-state index contributed by atoms with van der Waals surface area (Å²) in [5, 5.41) is 10.0. The highest BCUT2D eigenvalue weighted by molar-refractivity contribution is 7.79. The molecule has 0 saturated heterocycles. The molecule has 4 N–H and O–H groups in total. The average molecular weight is 421 g/mol. The maximum atomic E-state index is 14.9. The molecule has 0 spiro atoms. The van der Waals surface area contributed by atoms with Crippen molar-refractivity contribution >= 4 is 52.2 Å². The highest BCUT2D eigenvalue weighted by atomic mass is 35.5. The smallest absolute Gasteiger partial charge is 0.265 e. The molecule has 0 aliphatic rings. The summed E-state index contributed by atoms with van der Waals surface area (Å²) in [6, 6.07) is 7.98. The summed E-state index contributed by atoms with van der Waals surface area (Å²) >= 11 is 5.91. The second kappa shape index (κ2) is 7.55. The number of hydrogen-bond donors (Lipinski definition) is 3. The first kappa shape index (κ1) is 20.3. The topological polar surface area (TPSA) is 96.2 Å². The number of primary amides is 1. The number of H-pyrrole nitrogens is 1. The van der Waals surface area contributed by atoms with Gasteiger partial charge in [0.2, 0.25) is 0 Å². The first-order valence-electron chi connectivity index (χ1n) is 8.48. The molecule has 0 fully saturated rings. The number of aryl methyl sites for hydroxylation is 1. The highest BCUT2D eigenvalue weighted by Gasteiger charge is 2.36. The van der Waals surface area contributed by atoms with Crippen LogP contribution in [0, 0.1) is 12.7 Å². The van der Waals surface area contributed by atoms with Gasteiger partial charge in [-0.2, -0.15) is 0 Å². The minimum absolute atomic E-state index is 0.104. The Labute approximate surface area is 166 Å². The molecule has 0 radical (unpaired) electrons. The summed E-state index contributed by atoms with van der Waals surface area (Å²) < 4.78 is 28.9. The number of allylic oxidation sites excluding steroid dienone is 1. The van der Waals surface area contributed by atoms with E-state index in [4.69, 9.17) is 17.3 Å². The third-order valence-corrected chi connectivity index (χ3v) is 7.45. The summed E-state index contributed by atoms with van der Waals surface area (Å²) in [6.07, 6.45) is 2.84. The van der Waals surface area contributed by atoms with Gasteiger partial charge in [0.25, 0.3) is 5.91 Å². The third-order valence-electron chi connectivity index (χ3n) is 4.50. The second-order valence-corrected chi connectivity index (χ2v) is 9.61. The van der Waals surface area contributed by atoms with Gasteiger partial charge in [-0.1, -0.05) is 29.8 Å². The fourth-order valence-electron chi connectivity index (χ4n) is 3.32. The van der Waals surface area contributed by atoms with E-state index in [1.165, 1.54) is 12.1 Å². The van der Waals surface area contributed by atoms with Gasteiger partial charge in [-0.15, -0.1) is 0 Å². The third kappa shape index (κ3) is 3.28. The van der Waals surface area contributed by atoms with Crippen molar-refractivity contribution in [3.8, 4) is 0 Å². The Morgan fingerprint density at radius 2 is 2.07 bits per heavy atom. The summed E-state index contributed by atoms with van der Waals surface area (Å²) in [7, 11) is -3.83. The number of aromatic nitrogens is 1. The van der Waals surface area contributed by atoms with Gasteiger partial charge < -0.3 is 20.4 Å². The van der Waals surface area contributed by atoms with Gasteiger partial charge in [0.1, 0.15) is 12.0 Å². The van der Waals surface area contributed by atoms with Crippen molar-refractivity contribution in [2.75, 3.05) is 6.35 Å². The summed E-state index contributed by atoms with van der Waals surface area (Å²) in [6.45, 7) is 3.66. The summed E-state index contributed by atoms with van der Waals surface area (Å²) in [5.74, 6) is -1.73. The Kier molecular flexibility index (Phi) is 5.48. The van der Waals surface area contributed by atoms with Gasteiger partial charge in [0.05, 0.1) is 10.3 Å². The van der Waals surface area contributed by atoms with Crippen molar-refractivity contribution in [2.24, 2.45) is 5.73 Å². The van der Waals surface area contributed by atoms with Crippen LogP contribution in [-0.4, -0.2) is 22.3 Å². The number of benzene rings is 2. The maximum absolute atomic E-state index is 14.9. The lowest BCUT2D eigenvalue weighted by atomic mass is 10.1. The molecule has 0 aliphatic carbocycles. The molecular formula is C20H19ClFN2O3P. The van der Waals surface area contributed by atoms with Gasteiger partial charge in [0, 0.05) is 16.2 Å². The zero-order valence-electron chi connectivity index (χ0n) is 15.3. The Hall–Kier alpha value is -2.40. The van der Waals surface area contributed by atoms with Gasteiger partial charge in [-0.25, -0.2) is 4.39 Å². The number of carbonyl (C=O) groups is 1. The van der Waals surface area contributed by atoms with Crippen molar-refractivity contribution in [3.05, 3.63) is 64.1 Å². The molecule has 0 unspecified atom stereocenters. The van der Waals surface area contributed by atoms with Crippen LogP contribution < -0.4 is 16.3 Å². The molecule has 2 aromatic carbocycles. The quantitative estimate of drug-likeness (QED) is 0.549. The van der Waals surface area contributed by atoms with E-state index in [0.29, 0.717) is 5.30 Å². The summed E-state index contributed by atoms with van der Waals surface area (Å²) in [5.41, 5.74) is 7.05. The number of fused-ring (bicyclic) bond motifs is 1. The molecule has 0 bridgehead atoms. The molecule has 1 heterocycles. The van der Waals surface area contributed by atoms with Crippen molar-refractivity contribution in [3.63, 3.8) is 0 Å². The minimum Gasteiger partial charge on any atom is -0.388 e. The normalized spacial score (nSPS) is 13.9. The molecular weight excluding hydrogens is 402 g/mol. The van der Waals surface area contributed by atoms with E-state index in [9.17, 15) is 18.9 Å². The van der Waals surface area contributed by atoms with E-state index in [2.05, 4.69) is 4.98 Å². The van der Waals surface area contributed by atoms with Crippen molar-refractivity contribution in [1.82, 2.24) is 4.98 Å². The van der Waals surface area contributed by atoms with Crippen LogP contribution in [0.2, 0.25) is 5.02 Å². The number of rotatable bonds is 5. The number of aliphatic hydroxyl groups excluding tert-OH is 1. The van der Waals surface area contributed by atoms with Crippen LogP contribution in [0.4, 0.5) is 4.39 Å². The monoisotopic (exact) mass is 420 g/mol. The molecule has 8 heteroatoms. The summed E-state index contributed by atoms with van der Waals surface area (Å²) in [4.78, 5) is 14.8. The van der Waals surface area contributed by atoms with E-state index < -0.39 is 25.2 Å². The number of nitrogens with one attached hydrogen (secondary N) is 1. The van der Waals surface area contributed by atoms with Crippen molar-refractivity contribution in [1.29, 1.82) is 0 Å². The van der Waals surface area contributed by atoms with E-state index in [0.717, 1.165) is 11.1 Å². The lowest BCUT2D eigenvalue weighted by Gasteiger charge is -2.19. The fraction of sp³-hybridized carbons (Fsp3) is 0.150. The molecule has 3 rings (SSSR count). The number of halogens is 2. The van der Waals surface area contributed by atoms with Crippen LogP contribution in [0.15, 0.2) is 36.4 Å². The first-order valence-corrected chi connectivity index (χ1v) is 10.7. The highest BCUT2D eigenvalue weighted by Crippen LogP contribution is 2.46. The van der Waals surface area contributed by atoms with Gasteiger partial charge >= 0.3 is 0 Å². The number of amides is 1. The molecule has 1 amide bonds. The van der Waals surface area contributed by atoms with Crippen molar-refractivity contribution < 1.29 is 18.9 Å². The number of nitrogens with two attached hydrogens (primary N) is 1. The van der Waals surface area contributed by atoms with Gasteiger partial charge in [0.15, 0.2) is 13.0 Å². The predicted octanol–water partition coefficient (Wildman–Crippen LogP) is 3.66. The van der Waals surface area contributed by atoms with Crippen LogP contribution in [0.25, 0.3) is 17.0 Å². The number of carbonyl (C=O) groups excluding carboxylic acids is 1. The Bertz CT molecular complexity index is 1170. The lowest BCUT2D eigenvalue weighted by molar-refractivity contribution is 0.0997. The van der Waals surface area contributed by atoms with E-state index >= 15 is 0 Å². The van der Waals surface area contributed by atoms with Crippen LogP contribution in [-0.2, 0) is 4.57 Å². The second-order valence-electron chi connectivity index (χ2n) is 6.48. The number of hydrogen-bond acceptors (Lipinski definition) is 3. The predicted molar refractivity (Wildman–Crippen MR) is 112 cm³/mol. The van der Waals surface area contributed by atoms with E-state index in [1.54, 1.807) is 12.1 Å². The lowest BCUT2D eigenvalue weighted by Crippen LogP contribution is -2.27. The molecule has 146 valence electrons. The van der Waals surface area contributed by atoms with Crippen molar-refractivity contribution in [2.45, 2.75) is 13.8 Å². The Balaban J connectivity index is 2.44. The van der Waals surface area contributed by atoms with Crippen LogP contribution in [0.1, 0.15) is 28.5 Å². The molecule has 5 nitrogen and oxygen atoms in total. The standard InChI is InChI=1S/C20H19ClFN2O3P/c1-3-4-12-7-11(2)8-13(9-12)28(27,10-25)19-16-15(24-18(19)20(23)26)6-5-14(21)17(16)22/h3-9,24-25H,10H2,1-2H3,(H2,23,26)/b4-3+/t28-/m0/s1. The Morgan fingerprint density at radius 1 is 1.36 bits per heavy atom. The average Bonchev–Trinajstić information content (AvgIpc) is 3.05. The first-order chi connectivity index (χ1) is 13.2. The minimum atomic E-state index is -3.83.